The number of imide groups is 1. The fourth-order valence-electron chi connectivity index (χ4n) is 5.54. The van der Waals surface area contributed by atoms with E-state index in [-0.39, 0.29) is 11.7 Å². The average Bonchev–Trinajstić information content (AvgIpc) is 3.31. The van der Waals surface area contributed by atoms with Crippen LogP contribution in [0.3, 0.4) is 0 Å². The summed E-state index contributed by atoms with van der Waals surface area (Å²) in [5.74, 6) is -2.74. The van der Waals surface area contributed by atoms with Crippen molar-refractivity contribution in [3.05, 3.63) is 97.4 Å². The Balaban J connectivity index is 1.51. The van der Waals surface area contributed by atoms with Gasteiger partial charge in [0.15, 0.2) is 5.78 Å². The molecule has 2 amide bonds. The first-order valence-electron chi connectivity index (χ1n) is 11.1. The van der Waals surface area contributed by atoms with Crippen molar-refractivity contribution in [1.29, 1.82) is 0 Å². The van der Waals surface area contributed by atoms with Gasteiger partial charge in [-0.1, -0.05) is 81.1 Å². The molecule has 0 bridgehead atoms. The number of fused-ring (bicyclic) bond motifs is 5. The molecule has 9 heteroatoms. The Morgan fingerprint density at radius 1 is 0.806 bits per heavy atom. The predicted octanol–water partition coefficient (Wildman–Crippen LogP) is 6.68. The molecule has 0 N–H and O–H groups in total. The van der Waals surface area contributed by atoms with Crippen LogP contribution in [0, 0.1) is 11.8 Å². The summed E-state index contributed by atoms with van der Waals surface area (Å²) in [5.41, 5.74) is 2.33. The number of halogens is 4. The van der Waals surface area contributed by atoms with Gasteiger partial charge in [-0.05, 0) is 48.0 Å². The second-order valence-electron chi connectivity index (χ2n) is 8.97. The number of Topliss-reactive ketones (excluding diaryl/α,β-unsaturated/α-hetero) is 1. The third kappa shape index (κ3) is 3.62. The number of carbonyl (C=O) groups is 3. The fourth-order valence-corrected chi connectivity index (χ4v) is 6.48. The van der Waals surface area contributed by atoms with Crippen molar-refractivity contribution in [3.8, 4) is 0 Å². The van der Waals surface area contributed by atoms with Gasteiger partial charge in [-0.2, -0.15) is 0 Å². The lowest BCUT2D eigenvalue weighted by atomic mass is 9.86. The molecule has 0 spiro atoms. The van der Waals surface area contributed by atoms with Crippen LogP contribution in [-0.4, -0.2) is 29.7 Å². The van der Waals surface area contributed by atoms with Crippen LogP contribution in [0.2, 0.25) is 15.1 Å². The Bertz CT molecular complexity index is 1470. The molecule has 36 heavy (non-hydrogen) atoms. The van der Waals surface area contributed by atoms with E-state index >= 15 is 0 Å². The van der Waals surface area contributed by atoms with Crippen molar-refractivity contribution in [2.75, 3.05) is 9.80 Å². The normalized spacial score (nSPS) is 24.1. The third-order valence-electron chi connectivity index (χ3n) is 6.97. The summed E-state index contributed by atoms with van der Waals surface area (Å²) >= 11 is 22.1. The van der Waals surface area contributed by atoms with Crippen molar-refractivity contribution >= 4 is 85.8 Å². The third-order valence-corrected chi connectivity index (χ3v) is 8.17. The van der Waals surface area contributed by atoms with E-state index in [9.17, 15) is 14.4 Å². The molecule has 0 unspecified atom stereocenters. The quantitative estimate of drug-likeness (QED) is 0.248. The molecule has 3 aliphatic heterocycles. The second-order valence-corrected chi connectivity index (χ2v) is 11.2. The first kappa shape index (κ1) is 23.7. The molecule has 180 valence electrons. The highest BCUT2D eigenvalue weighted by Crippen LogP contribution is 2.50. The standard InChI is InChI=1S/C27H16BrCl3N2O3/c28-15-5-1-14(2-6-15)25(34)24-23-22(20-8-4-13-3-7-16(29)12-21(13)33(20)24)26(35)32(27(23)36)19-10-17(30)9-18(31)11-19/h1-12,20,22-24H/t20-,22+,23-,24+/m1/s1. The number of benzene rings is 3. The van der Waals surface area contributed by atoms with E-state index in [2.05, 4.69) is 15.9 Å². The minimum absolute atomic E-state index is 0.242. The largest absolute Gasteiger partial charge is 0.352 e. The van der Waals surface area contributed by atoms with Gasteiger partial charge in [0.2, 0.25) is 11.8 Å². The fraction of sp³-hybridized carbons (Fsp3) is 0.148. The molecular weight excluding hydrogens is 587 g/mol. The van der Waals surface area contributed by atoms with Gasteiger partial charge in [0.25, 0.3) is 0 Å². The highest BCUT2D eigenvalue weighted by Gasteiger charge is 2.64. The van der Waals surface area contributed by atoms with E-state index in [0.29, 0.717) is 26.3 Å². The lowest BCUT2D eigenvalue weighted by Crippen LogP contribution is -2.48. The summed E-state index contributed by atoms with van der Waals surface area (Å²) in [6.45, 7) is 0. The van der Waals surface area contributed by atoms with Gasteiger partial charge in [0.05, 0.1) is 23.6 Å². The summed E-state index contributed by atoms with van der Waals surface area (Å²) in [7, 11) is 0. The van der Waals surface area contributed by atoms with E-state index in [1.807, 2.05) is 23.1 Å². The van der Waals surface area contributed by atoms with Crippen molar-refractivity contribution in [3.63, 3.8) is 0 Å². The van der Waals surface area contributed by atoms with Crippen molar-refractivity contribution in [2.24, 2.45) is 11.8 Å². The summed E-state index contributed by atoms with van der Waals surface area (Å²) < 4.78 is 0.829. The molecule has 5 nitrogen and oxygen atoms in total. The SMILES string of the molecule is O=C(c1ccc(Br)cc1)[C@@H]1[C@@H]2C(=O)N(c3cc(Cl)cc(Cl)c3)C(=O)[C@H]2[C@H]2C=Cc3ccc(Cl)cc3N21. The van der Waals surface area contributed by atoms with E-state index in [1.165, 1.54) is 18.2 Å². The zero-order valence-electron chi connectivity index (χ0n) is 18.4. The molecule has 4 atom stereocenters. The van der Waals surface area contributed by atoms with E-state index in [4.69, 9.17) is 34.8 Å². The number of amides is 2. The summed E-state index contributed by atoms with van der Waals surface area (Å²) in [5, 5.41) is 1.11. The lowest BCUT2D eigenvalue weighted by molar-refractivity contribution is -0.122. The number of nitrogens with zero attached hydrogens (tertiary/aromatic N) is 2. The number of hydrogen-bond acceptors (Lipinski definition) is 4. The van der Waals surface area contributed by atoms with Crippen molar-refractivity contribution < 1.29 is 14.4 Å². The van der Waals surface area contributed by atoms with Gasteiger partial charge >= 0.3 is 0 Å². The Morgan fingerprint density at radius 2 is 1.47 bits per heavy atom. The topological polar surface area (TPSA) is 57.7 Å². The molecule has 2 saturated heterocycles. The highest BCUT2D eigenvalue weighted by molar-refractivity contribution is 9.10. The van der Waals surface area contributed by atoms with Crippen LogP contribution >= 0.6 is 50.7 Å². The number of ketones is 1. The molecule has 0 radical (unpaired) electrons. The van der Waals surface area contributed by atoms with Gasteiger partial charge in [-0.15, -0.1) is 0 Å². The predicted molar refractivity (Wildman–Crippen MR) is 145 cm³/mol. The van der Waals surface area contributed by atoms with E-state index < -0.39 is 29.8 Å². The molecule has 6 rings (SSSR count). The highest BCUT2D eigenvalue weighted by atomic mass is 79.9. The Labute approximate surface area is 230 Å². The average molecular weight is 603 g/mol. The summed E-state index contributed by atoms with van der Waals surface area (Å²) in [6, 6.07) is 15.6. The Kier molecular flexibility index (Phi) is 5.76. The van der Waals surface area contributed by atoms with Crippen molar-refractivity contribution in [2.45, 2.75) is 12.1 Å². The minimum Gasteiger partial charge on any atom is -0.352 e. The Morgan fingerprint density at radius 3 is 2.17 bits per heavy atom. The number of anilines is 2. The van der Waals surface area contributed by atoms with Crippen LogP contribution in [0.4, 0.5) is 11.4 Å². The van der Waals surface area contributed by atoms with Gasteiger partial charge in [0.1, 0.15) is 6.04 Å². The van der Waals surface area contributed by atoms with Crippen LogP contribution in [0.1, 0.15) is 15.9 Å². The molecule has 0 aliphatic carbocycles. The zero-order valence-corrected chi connectivity index (χ0v) is 22.2. The molecule has 3 aliphatic rings. The number of carbonyl (C=O) groups excluding carboxylic acids is 3. The van der Waals surface area contributed by atoms with Crippen LogP contribution < -0.4 is 9.80 Å². The maximum absolute atomic E-state index is 14.0. The van der Waals surface area contributed by atoms with E-state index in [1.54, 1.807) is 36.4 Å². The summed E-state index contributed by atoms with van der Waals surface area (Å²) in [6.07, 6.45) is 3.80. The number of rotatable bonds is 3. The lowest BCUT2D eigenvalue weighted by Gasteiger charge is -2.36. The molecule has 3 aromatic rings. The van der Waals surface area contributed by atoms with Gasteiger partial charge in [-0.25, -0.2) is 4.90 Å². The molecule has 3 aromatic carbocycles. The van der Waals surface area contributed by atoms with Crippen LogP contribution in [0.5, 0.6) is 0 Å². The molecule has 0 aromatic heterocycles. The van der Waals surface area contributed by atoms with Crippen molar-refractivity contribution in [1.82, 2.24) is 0 Å². The van der Waals surface area contributed by atoms with Crippen LogP contribution in [0.25, 0.3) is 6.08 Å². The van der Waals surface area contributed by atoms with Gasteiger partial charge in [0, 0.05) is 30.8 Å². The smallest absolute Gasteiger partial charge is 0.240 e. The maximum Gasteiger partial charge on any atom is 0.240 e. The van der Waals surface area contributed by atoms with E-state index in [0.717, 1.165) is 20.6 Å². The summed E-state index contributed by atoms with van der Waals surface area (Å²) in [4.78, 5) is 44.8. The van der Waals surface area contributed by atoms with Crippen LogP contribution in [0.15, 0.2) is 71.2 Å². The molecule has 3 heterocycles. The monoisotopic (exact) mass is 600 g/mol. The number of hydrogen-bond donors (Lipinski definition) is 0. The van der Waals surface area contributed by atoms with Crippen LogP contribution in [-0.2, 0) is 9.59 Å². The van der Waals surface area contributed by atoms with Gasteiger partial charge < -0.3 is 4.90 Å². The molecule has 0 saturated carbocycles. The zero-order chi connectivity index (χ0) is 25.3. The van der Waals surface area contributed by atoms with Gasteiger partial charge in [-0.3, -0.25) is 14.4 Å². The molecule has 2 fully saturated rings. The Hall–Kier alpha value is -2.64. The first-order chi connectivity index (χ1) is 17.2. The minimum atomic E-state index is -0.903. The second kappa shape index (κ2) is 8.73. The molecular formula is C27H16BrCl3N2O3. The first-order valence-corrected chi connectivity index (χ1v) is 13.1. The maximum atomic E-state index is 14.0.